The van der Waals surface area contributed by atoms with E-state index in [-0.39, 0.29) is 12.3 Å². The summed E-state index contributed by atoms with van der Waals surface area (Å²) in [6, 6.07) is 9.31. The highest BCUT2D eigenvalue weighted by Crippen LogP contribution is 2.16. The maximum absolute atomic E-state index is 10.6. The average molecular weight is 232 g/mol. The molecule has 0 amide bonds. The number of carboxylic acid groups (broad SMARTS) is 1. The first kappa shape index (κ1) is 13.0. The minimum atomic E-state index is -0.785. The second kappa shape index (κ2) is 6.54. The van der Waals surface area contributed by atoms with Gasteiger partial charge in [-0.05, 0) is 18.1 Å². The Morgan fingerprint density at radius 2 is 2.24 bits per heavy atom. The summed E-state index contributed by atoms with van der Waals surface area (Å²) in [7, 11) is 0. The molecule has 0 saturated heterocycles. The average Bonchev–Trinajstić information content (AvgIpc) is 2.34. The molecule has 4 heteroatoms. The third-order valence-electron chi connectivity index (χ3n) is 2.67. The number of para-hydroxylation sites is 1. The first-order chi connectivity index (χ1) is 8.17. The number of nitrogens with zero attached hydrogens (tertiary/aromatic N) is 1. The van der Waals surface area contributed by atoms with Crippen molar-refractivity contribution >= 4 is 11.7 Å². The Labute approximate surface area is 101 Å². The minimum Gasteiger partial charge on any atom is -0.481 e. The SMILES string of the molecule is CCC(CNc1ccccc1C#N)CC(=O)O. The largest absolute Gasteiger partial charge is 0.481 e. The van der Waals surface area contributed by atoms with Gasteiger partial charge in [0, 0.05) is 13.0 Å². The quantitative estimate of drug-likeness (QED) is 0.790. The van der Waals surface area contributed by atoms with Crippen LogP contribution in [0.5, 0.6) is 0 Å². The molecule has 0 bridgehead atoms. The minimum absolute atomic E-state index is 0.0826. The van der Waals surface area contributed by atoms with Gasteiger partial charge in [-0.15, -0.1) is 0 Å². The topological polar surface area (TPSA) is 73.1 Å². The molecule has 0 fully saturated rings. The van der Waals surface area contributed by atoms with Crippen molar-refractivity contribution < 1.29 is 9.90 Å². The molecule has 0 spiro atoms. The van der Waals surface area contributed by atoms with Crippen molar-refractivity contribution in [1.29, 1.82) is 5.26 Å². The zero-order valence-electron chi connectivity index (χ0n) is 9.81. The summed E-state index contributed by atoms with van der Waals surface area (Å²) in [5.74, 6) is -0.702. The molecule has 0 heterocycles. The summed E-state index contributed by atoms with van der Waals surface area (Å²) < 4.78 is 0. The Bertz CT molecular complexity index is 424. The molecule has 0 aliphatic rings. The van der Waals surface area contributed by atoms with Gasteiger partial charge in [-0.25, -0.2) is 0 Å². The van der Waals surface area contributed by atoms with Crippen LogP contribution in [0.3, 0.4) is 0 Å². The molecule has 90 valence electrons. The lowest BCUT2D eigenvalue weighted by atomic mass is 10.0. The van der Waals surface area contributed by atoms with Gasteiger partial charge < -0.3 is 10.4 Å². The molecule has 0 saturated carbocycles. The van der Waals surface area contributed by atoms with Gasteiger partial charge in [0.2, 0.25) is 0 Å². The van der Waals surface area contributed by atoms with E-state index < -0.39 is 5.97 Å². The van der Waals surface area contributed by atoms with Crippen LogP contribution in [0.4, 0.5) is 5.69 Å². The van der Waals surface area contributed by atoms with Crippen molar-refractivity contribution in [3.8, 4) is 6.07 Å². The van der Waals surface area contributed by atoms with Crippen LogP contribution >= 0.6 is 0 Å². The van der Waals surface area contributed by atoms with Crippen molar-refractivity contribution in [2.75, 3.05) is 11.9 Å². The first-order valence-corrected chi connectivity index (χ1v) is 5.62. The van der Waals surface area contributed by atoms with E-state index in [1.54, 1.807) is 12.1 Å². The van der Waals surface area contributed by atoms with Crippen LogP contribution in [0.25, 0.3) is 0 Å². The maximum Gasteiger partial charge on any atom is 0.303 e. The Balaban J connectivity index is 2.60. The number of rotatable bonds is 6. The Morgan fingerprint density at radius 3 is 2.82 bits per heavy atom. The van der Waals surface area contributed by atoms with Crippen LogP contribution in [0, 0.1) is 17.2 Å². The van der Waals surface area contributed by atoms with Crippen molar-refractivity contribution in [3.63, 3.8) is 0 Å². The summed E-state index contributed by atoms with van der Waals surface area (Å²) in [6.07, 6.45) is 0.951. The van der Waals surface area contributed by atoms with E-state index in [2.05, 4.69) is 11.4 Å². The van der Waals surface area contributed by atoms with Crippen molar-refractivity contribution in [2.24, 2.45) is 5.92 Å². The lowest BCUT2D eigenvalue weighted by Crippen LogP contribution is -2.17. The van der Waals surface area contributed by atoms with E-state index in [1.165, 1.54) is 0 Å². The fraction of sp³-hybridized carbons (Fsp3) is 0.385. The van der Waals surface area contributed by atoms with Gasteiger partial charge >= 0.3 is 5.97 Å². The molecule has 0 aliphatic heterocycles. The normalized spacial score (nSPS) is 11.5. The second-order valence-electron chi connectivity index (χ2n) is 3.91. The highest BCUT2D eigenvalue weighted by Gasteiger charge is 2.11. The summed E-state index contributed by atoms with van der Waals surface area (Å²) in [4.78, 5) is 10.6. The first-order valence-electron chi connectivity index (χ1n) is 5.62. The van der Waals surface area contributed by atoms with E-state index >= 15 is 0 Å². The summed E-state index contributed by atoms with van der Waals surface area (Å²) >= 11 is 0. The molecule has 0 aliphatic carbocycles. The molecule has 2 N–H and O–H groups in total. The van der Waals surface area contributed by atoms with E-state index in [4.69, 9.17) is 10.4 Å². The maximum atomic E-state index is 10.6. The number of hydrogen-bond donors (Lipinski definition) is 2. The van der Waals surface area contributed by atoms with Crippen molar-refractivity contribution in [2.45, 2.75) is 19.8 Å². The highest BCUT2D eigenvalue weighted by molar-refractivity contribution is 5.67. The number of carboxylic acids is 1. The Hall–Kier alpha value is -2.02. The lowest BCUT2D eigenvalue weighted by Gasteiger charge is -2.15. The lowest BCUT2D eigenvalue weighted by molar-refractivity contribution is -0.138. The number of carbonyl (C=O) groups is 1. The number of aliphatic carboxylic acids is 1. The molecule has 1 rings (SSSR count). The van der Waals surface area contributed by atoms with E-state index in [1.807, 2.05) is 19.1 Å². The van der Waals surface area contributed by atoms with Crippen LogP contribution in [-0.4, -0.2) is 17.6 Å². The molecule has 0 aromatic heterocycles. The fourth-order valence-electron chi connectivity index (χ4n) is 1.60. The predicted molar refractivity (Wildman–Crippen MR) is 65.7 cm³/mol. The molecule has 1 unspecified atom stereocenters. The molecule has 17 heavy (non-hydrogen) atoms. The van der Waals surface area contributed by atoms with Gasteiger partial charge in [0.1, 0.15) is 6.07 Å². The number of benzene rings is 1. The standard InChI is InChI=1S/C13H16N2O2/c1-2-10(7-13(16)17)9-15-12-6-4-3-5-11(12)8-14/h3-6,10,15H,2,7,9H2,1H3,(H,16,17). The third kappa shape index (κ3) is 4.15. The van der Waals surface area contributed by atoms with Gasteiger partial charge in [-0.3, -0.25) is 4.79 Å². The van der Waals surface area contributed by atoms with Crippen LogP contribution in [0.1, 0.15) is 25.3 Å². The summed E-state index contributed by atoms with van der Waals surface area (Å²) in [5.41, 5.74) is 1.34. The number of anilines is 1. The molecule has 1 aromatic rings. The van der Waals surface area contributed by atoms with Gasteiger partial charge in [-0.1, -0.05) is 25.5 Å². The van der Waals surface area contributed by atoms with Crippen LogP contribution in [0.2, 0.25) is 0 Å². The van der Waals surface area contributed by atoms with Gasteiger partial charge in [0.05, 0.1) is 11.3 Å². The molecule has 1 atom stereocenters. The Kier molecular flexibility index (Phi) is 5.02. The molecule has 4 nitrogen and oxygen atoms in total. The van der Waals surface area contributed by atoms with E-state index in [9.17, 15) is 4.79 Å². The van der Waals surface area contributed by atoms with Crippen LogP contribution in [-0.2, 0) is 4.79 Å². The zero-order chi connectivity index (χ0) is 12.7. The number of nitrogens with one attached hydrogen (secondary N) is 1. The molecule has 1 aromatic carbocycles. The third-order valence-corrected chi connectivity index (χ3v) is 2.67. The van der Waals surface area contributed by atoms with E-state index in [0.717, 1.165) is 12.1 Å². The predicted octanol–water partition coefficient (Wildman–Crippen LogP) is 2.47. The smallest absolute Gasteiger partial charge is 0.303 e. The summed E-state index contributed by atoms with van der Waals surface area (Å²) in [6.45, 7) is 2.53. The molecular weight excluding hydrogens is 216 g/mol. The van der Waals surface area contributed by atoms with Gasteiger partial charge in [0.25, 0.3) is 0 Å². The van der Waals surface area contributed by atoms with Crippen molar-refractivity contribution in [3.05, 3.63) is 29.8 Å². The van der Waals surface area contributed by atoms with Crippen LogP contribution < -0.4 is 5.32 Å². The molecule has 0 radical (unpaired) electrons. The van der Waals surface area contributed by atoms with Crippen molar-refractivity contribution in [1.82, 2.24) is 0 Å². The highest BCUT2D eigenvalue weighted by atomic mass is 16.4. The number of nitriles is 1. The fourth-order valence-corrected chi connectivity index (χ4v) is 1.60. The second-order valence-corrected chi connectivity index (χ2v) is 3.91. The van der Waals surface area contributed by atoms with Crippen LogP contribution in [0.15, 0.2) is 24.3 Å². The monoisotopic (exact) mass is 232 g/mol. The van der Waals surface area contributed by atoms with E-state index in [0.29, 0.717) is 12.1 Å². The number of hydrogen-bond acceptors (Lipinski definition) is 3. The Morgan fingerprint density at radius 1 is 1.53 bits per heavy atom. The van der Waals surface area contributed by atoms with Gasteiger partial charge in [-0.2, -0.15) is 5.26 Å². The zero-order valence-corrected chi connectivity index (χ0v) is 9.81. The molecular formula is C13H16N2O2. The van der Waals surface area contributed by atoms with Gasteiger partial charge in [0.15, 0.2) is 0 Å². The summed E-state index contributed by atoms with van der Waals surface area (Å²) in [5, 5.41) is 20.8.